The summed E-state index contributed by atoms with van der Waals surface area (Å²) in [6.07, 6.45) is 3.02. The van der Waals surface area contributed by atoms with Gasteiger partial charge in [0, 0.05) is 16.9 Å². The molecule has 1 heterocycles. The van der Waals surface area contributed by atoms with Crippen LogP contribution in [-0.2, 0) is 10.0 Å². The van der Waals surface area contributed by atoms with E-state index in [9.17, 15) is 8.42 Å². The first kappa shape index (κ1) is 10.4. The van der Waals surface area contributed by atoms with E-state index in [1.165, 1.54) is 16.4 Å². The summed E-state index contributed by atoms with van der Waals surface area (Å²) in [5.41, 5.74) is 0. The summed E-state index contributed by atoms with van der Waals surface area (Å²) in [4.78, 5) is 0.271. The monoisotopic (exact) mass is 285 g/mol. The molecule has 0 aliphatic heterocycles. The Kier molecular flexibility index (Phi) is 2.67. The van der Waals surface area contributed by atoms with Gasteiger partial charge in [-0.15, -0.1) is 0 Å². The van der Waals surface area contributed by atoms with E-state index < -0.39 is 10.0 Å². The second-order valence-corrected chi connectivity index (χ2v) is 5.73. The second kappa shape index (κ2) is 3.83. The highest BCUT2D eigenvalue weighted by Gasteiger charge is 2.15. The minimum absolute atomic E-state index is 0.271. The zero-order valence-electron chi connectivity index (χ0n) is 7.67. The molecule has 0 unspecified atom stereocenters. The molecule has 0 saturated heterocycles. The molecule has 0 N–H and O–H groups in total. The molecule has 0 radical (unpaired) electrons. The van der Waals surface area contributed by atoms with E-state index in [1.54, 1.807) is 36.4 Å². The Morgan fingerprint density at radius 1 is 1.07 bits per heavy atom. The molecular weight excluding hydrogens is 278 g/mol. The Balaban J connectivity index is 2.57. The van der Waals surface area contributed by atoms with Crippen molar-refractivity contribution < 1.29 is 8.42 Å². The van der Waals surface area contributed by atoms with E-state index in [0.717, 1.165) is 4.47 Å². The maximum atomic E-state index is 12.0. The molecule has 1 aromatic carbocycles. The first-order chi connectivity index (χ1) is 7.10. The summed E-state index contributed by atoms with van der Waals surface area (Å²) in [6, 6.07) is 9.98. The highest BCUT2D eigenvalue weighted by Crippen LogP contribution is 2.18. The molecule has 2 aromatic rings. The molecule has 78 valence electrons. The smallest absolute Gasteiger partial charge is 0.249 e. The van der Waals surface area contributed by atoms with Gasteiger partial charge in [0.2, 0.25) is 0 Å². The standard InChI is InChI=1S/C10H8BrNO2S/c11-9-4-3-5-10(8-9)15(13,14)12-6-1-2-7-12/h1-8H. The lowest BCUT2D eigenvalue weighted by atomic mass is 10.4. The summed E-state index contributed by atoms with van der Waals surface area (Å²) in [7, 11) is -3.43. The Morgan fingerprint density at radius 2 is 1.73 bits per heavy atom. The summed E-state index contributed by atoms with van der Waals surface area (Å²) in [6.45, 7) is 0. The van der Waals surface area contributed by atoms with E-state index >= 15 is 0 Å². The number of rotatable bonds is 2. The van der Waals surface area contributed by atoms with Gasteiger partial charge in [0.25, 0.3) is 10.0 Å². The number of halogens is 1. The van der Waals surface area contributed by atoms with Crippen LogP contribution in [0.2, 0.25) is 0 Å². The van der Waals surface area contributed by atoms with E-state index in [0.29, 0.717) is 0 Å². The fourth-order valence-corrected chi connectivity index (χ4v) is 3.01. The van der Waals surface area contributed by atoms with Gasteiger partial charge in [0.05, 0.1) is 4.90 Å². The van der Waals surface area contributed by atoms with Gasteiger partial charge in [-0.25, -0.2) is 12.4 Å². The van der Waals surface area contributed by atoms with E-state index in [-0.39, 0.29) is 4.90 Å². The zero-order valence-corrected chi connectivity index (χ0v) is 10.1. The predicted octanol–water partition coefficient (Wildman–Crippen LogP) is 2.49. The van der Waals surface area contributed by atoms with Crippen molar-refractivity contribution in [3.63, 3.8) is 0 Å². The molecule has 3 nitrogen and oxygen atoms in total. The second-order valence-electron chi connectivity index (χ2n) is 2.98. The summed E-state index contributed by atoms with van der Waals surface area (Å²) in [5.74, 6) is 0. The Hall–Kier alpha value is -1.07. The quantitative estimate of drug-likeness (QED) is 0.850. The van der Waals surface area contributed by atoms with Gasteiger partial charge < -0.3 is 0 Å². The van der Waals surface area contributed by atoms with Crippen LogP contribution in [0, 0.1) is 0 Å². The van der Waals surface area contributed by atoms with Crippen LogP contribution in [0.3, 0.4) is 0 Å². The van der Waals surface area contributed by atoms with Crippen LogP contribution in [0.15, 0.2) is 58.2 Å². The molecule has 0 amide bonds. The van der Waals surface area contributed by atoms with Crippen LogP contribution in [0.25, 0.3) is 0 Å². The molecule has 0 aliphatic rings. The van der Waals surface area contributed by atoms with Gasteiger partial charge >= 0.3 is 0 Å². The lowest BCUT2D eigenvalue weighted by molar-refractivity contribution is 0.587. The highest BCUT2D eigenvalue weighted by molar-refractivity contribution is 9.10. The fraction of sp³-hybridized carbons (Fsp3) is 0. The molecule has 0 spiro atoms. The van der Waals surface area contributed by atoms with Crippen molar-refractivity contribution in [1.82, 2.24) is 3.97 Å². The third kappa shape index (κ3) is 1.98. The molecule has 0 bridgehead atoms. The van der Waals surface area contributed by atoms with E-state index in [2.05, 4.69) is 15.9 Å². The van der Waals surface area contributed by atoms with Crippen molar-refractivity contribution in [2.75, 3.05) is 0 Å². The predicted molar refractivity (Wildman–Crippen MR) is 61.2 cm³/mol. The van der Waals surface area contributed by atoms with Gasteiger partial charge in [-0.2, -0.15) is 0 Å². The van der Waals surface area contributed by atoms with Crippen molar-refractivity contribution in [3.05, 3.63) is 53.3 Å². The molecule has 2 rings (SSSR count). The largest absolute Gasteiger partial charge is 0.267 e. The number of hydrogen-bond donors (Lipinski definition) is 0. The fourth-order valence-electron chi connectivity index (χ4n) is 1.23. The van der Waals surface area contributed by atoms with Gasteiger partial charge in [-0.1, -0.05) is 22.0 Å². The van der Waals surface area contributed by atoms with Crippen molar-refractivity contribution in [3.8, 4) is 0 Å². The highest BCUT2D eigenvalue weighted by atomic mass is 79.9. The summed E-state index contributed by atoms with van der Waals surface area (Å²) < 4.78 is 25.9. The molecule has 0 atom stereocenters. The van der Waals surface area contributed by atoms with Crippen LogP contribution < -0.4 is 0 Å². The van der Waals surface area contributed by atoms with Crippen molar-refractivity contribution in [2.45, 2.75) is 4.90 Å². The van der Waals surface area contributed by atoms with E-state index in [1.807, 2.05) is 0 Å². The Morgan fingerprint density at radius 3 is 2.33 bits per heavy atom. The Bertz CT molecular complexity index is 561. The average Bonchev–Trinajstić information content (AvgIpc) is 2.71. The first-order valence-electron chi connectivity index (χ1n) is 4.25. The third-order valence-electron chi connectivity index (χ3n) is 1.95. The van der Waals surface area contributed by atoms with Crippen LogP contribution in [0.5, 0.6) is 0 Å². The third-order valence-corrected chi connectivity index (χ3v) is 4.09. The minimum atomic E-state index is -3.43. The Labute approximate surface area is 96.5 Å². The molecule has 15 heavy (non-hydrogen) atoms. The maximum absolute atomic E-state index is 12.0. The molecule has 0 aliphatic carbocycles. The number of nitrogens with zero attached hydrogens (tertiary/aromatic N) is 1. The van der Waals surface area contributed by atoms with Crippen molar-refractivity contribution >= 4 is 26.0 Å². The van der Waals surface area contributed by atoms with Crippen molar-refractivity contribution in [1.29, 1.82) is 0 Å². The van der Waals surface area contributed by atoms with Crippen LogP contribution >= 0.6 is 15.9 Å². The average molecular weight is 286 g/mol. The molecule has 1 aromatic heterocycles. The molecule has 0 fully saturated rings. The topological polar surface area (TPSA) is 39.1 Å². The van der Waals surface area contributed by atoms with Crippen molar-refractivity contribution in [2.24, 2.45) is 0 Å². The van der Waals surface area contributed by atoms with Crippen LogP contribution in [0.4, 0.5) is 0 Å². The summed E-state index contributed by atoms with van der Waals surface area (Å²) in [5, 5.41) is 0. The van der Waals surface area contributed by atoms with Crippen LogP contribution in [-0.4, -0.2) is 12.4 Å². The lowest BCUT2D eigenvalue weighted by Gasteiger charge is -2.05. The SMILES string of the molecule is O=S(=O)(c1cccc(Br)c1)n1cccc1. The van der Waals surface area contributed by atoms with Gasteiger partial charge in [-0.05, 0) is 30.3 Å². The lowest BCUT2D eigenvalue weighted by Crippen LogP contribution is -2.10. The van der Waals surface area contributed by atoms with Gasteiger partial charge in [-0.3, -0.25) is 0 Å². The number of hydrogen-bond acceptors (Lipinski definition) is 2. The molecule has 5 heteroatoms. The minimum Gasteiger partial charge on any atom is -0.249 e. The normalized spacial score (nSPS) is 11.5. The maximum Gasteiger partial charge on any atom is 0.267 e. The zero-order chi connectivity index (χ0) is 10.9. The summed E-state index contributed by atoms with van der Waals surface area (Å²) >= 11 is 3.24. The van der Waals surface area contributed by atoms with Crippen LogP contribution in [0.1, 0.15) is 0 Å². The van der Waals surface area contributed by atoms with E-state index in [4.69, 9.17) is 0 Å². The van der Waals surface area contributed by atoms with Gasteiger partial charge in [0.15, 0.2) is 0 Å². The van der Waals surface area contributed by atoms with Gasteiger partial charge in [0.1, 0.15) is 0 Å². The number of aromatic nitrogens is 1. The molecule has 0 saturated carbocycles. The number of benzene rings is 1. The molecular formula is C10H8BrNO2S. The first-order valence-corrected chi connectivity index (χ1v) is 6.48.